The number of hydrogen-bond donors (Lipinski definition) is 0. The van der Waals surface area contributed by atoms with Crippen molar-refractivity contribution < 1.29 is 14.5 Å². The van der Waals surface area contributed by atoms with Gasteiger partial charge in [0.25, 0.3) is 0 Å². The maximum Gasteiger partial charge on any atom is 0.227 e. The van der Waals surface area contributed by atoms with E-state index in [0.29, 0.717) is 11.4 Å². The summed E-state index contributed by atoms with van der Waals surface area (Å²) in [5.41, 5.74) is 4.91. The second-order valence-corrected chi connectivity index (χ2v) is 6.55. The molecular formula is C22H23N2O+. The summed E-state index contributed by atoms with van der Waals surface area (Å²) in [6.45, 7) is 1.08. The first-order valence-electron chi connectivity index (χ1n) is 10.4. The van der Waals surface area contributed by atoms with Crippen molar-refractivity contribution in [3.8, 4) is 11.3 Å². The predicted octanol–water partition coefficient (Wildman–Crippen LogP) is 4.98. The summed E-state index contributed by atoms with van der Waals surface area (Å²) in [5.74, 6) is -1.61. The number of pyridine rings is 2. The summed E-state index contributed by atoms with van der Waals surface area (Å²) < 4.78 is 39.2. The van der Waals surface area contributed by atoms with Gasteiger partial charge in [0.15, 0.2) is 11.8 Å². The summed E-state index contributed by atoms with van der Waals surface area (Å²) in [6, 6.07) is 13.8. The first-order chi connectivity index (χ1) is 13.6. The van der Waals surface area contributed by atoms with E-state index < -0.39 is 12.7 Å². The lowest BCUT2D eigenvalue weighted by atomic mass is 10.0. The monoisotopic (exact) mass is 335 g/mol. The van der Waals surface area contributed by atoms with Crippen molar-refractivity contribution in [3.63, 3.8) is 0 Å². The van der Waals surface area contributed by atoms with Crippen molar-refractivity contribution in [2.24, 2.45) is 12.9 Å². The van der Waals surface area contributed by atoms with E-state index in [-0.39, 0.29) is 6.42 Å². The van der Waals surface area contributed by atoms with Crippen molar-refractivity contribution in [2.75, 3.05) is 0 Å². The zero-order valence-corrected chi connectivity index (χ0v) is 14.6. The van der Waals surface area contributed by atoms with Crippen LogP contribution in [0.1, 0.15) is 30.5 Å². The van der Waals surface area contributed by atoms with Gasteiger partial charge in [-0.2, -0.15) is 0 Å². The maximum absolute atomic E-state index is 8.19. The van der Waals surface area contributed by atoms with E-state index in [4.69, 9.17) is 9.90 Å². The van der Waals surface area contributed by atoms with Gasteiger partial charge in [-0.1, -0.05) is 25.9 Å². The van der Waals surface area contributed by atoms with Crippen molar-refractivity contribution >= 4 is 22.1 Å². The Hall–Kier alpha value is -2.68. The molecule has 0 bridgehead atoms. The zero-order chi connectivity index (χ0) is 21.0. The molecule has 3 heterocycles. The fourth-order valence-corrected chi connectivity index (χ4v) is 3.33. The van der Waals surface area contributed by atoms with Crippen LogP contribution in [0.5, 0.6) is 0 Å². The number of nitrogens with zero attached hydrogens (tertiary/aromatic N) is 2. The van der Waals surface area contributed by atoms with E-state index in [1.807, 2.05) is 37.5 Å². The molecule has 3 nitrogen and oxygen atoms in total. The third-order valence-electron chi connectivity index (χ3n) is 4.53. The van der Waals surface area contributed by atoms with Crippen LogP contribution in [-0.4, -0.2) is 4.98 Å². The van der Waals surface area contributed by atoms with Crippen LogP contribution in [0.2, 0.25) is 0 Å². The predicted molar refractivity (Wildman–Crippen MR) is 101 cm³/mol. The van der Waals surface area contributed by atoms with Gasteiger partial charge in [-0.05, 0) is 43.0 Å². The highest BCUT2D eigenvalue weighted by Gasteiger charge is 2.20. The lowest BCUT2D eigenvalue weighted by Gasteiger charge is -2.04. The van der Waals surface area contributed by atoms with Gasteiger partial charge < -0.3 is 4.42 Å². The molecule has 126 valence electrons. The Kier molecular flexibility index (Phi) is 2.83. The molecule has 25 heavy (non-hydrogen) atoms. The molecule has 0 spiro atoms. The van der Waals surface area contributed by atoms with Crippen molar-refractivity contribution in [3.05, 3.63) is 59.9 Å². The van der Waals surface area contributed by atoms with Gasteiger partial charge in [0.2, 0.25) is 11.4 Å². The lowest BCUT2D eigenvalue weighted by molar-refractivity contribution is -0.660. The number of aryl methyl sites for hydroxylation is 2. The third-order valence-corrected chi connectivity index (χ3v) is 4.53. The van der Waals surface area contributed by atoms with E-state index in [0.717, 1.165) is 33.2 Å². The average Bonchev–Trinajstić information content (AvgIpc) is 2.99. The summed E-state index contributed by atoms with van der Waals surface area (Å²) in [7, 11) is 2.00. The lowest BCUT2D eigenvalue weighted by Crippen LogP contribution is -2.30. The standard InChI is InChI=1S/C22H23N2O/c1-14(2)13-16-9-11-18-17-10-8-15(3)20(21(17)25-22(18)23-16)19-7-5-6-12-24(19)4/h5-12,14H,13H2,1-4H3/q+1/i1D3,14D. The van der Waals surface area contributed by atoms with Crippen molar-refractivity contribution in [1.29, 1.82) is 0 Å². The van der Waals surface area contributed by atoms with Gasteiger partial charge in [-0.3, -0.25) is 0 Å². The zero-order valence-electron chi connectivity index (χ0n) is 18.6. The third kappa shape index (κ3) is 2.70. The molecule has 0 saturated heterocycles. The number of hydrogen-bond acceptors (Lipinski definition) is 2. The molecule has 3 heteroatoms. The summed E-state index contributed by atoms with van der Waals surface area (Å²) in [4.78, 5) is 4.55. The number of aromatic nitrogens is 2. The Balaban J connectivity index is 1.89. The Morgan fingerprint density at radius 2 is 2.04 bits per heavy atom. The van der Waals surface area contributed by atoms with Crippen molar-refractivity contribution in [2.45, 2.75) is 27.1 Å². The van der Waals surface area contributed by atoms with E-state index in [1.165, 1.54) is 6.92 Å². The maximum atomic E-state index is 8.19. The highest BCUT2D eigenvalue weighted by atomic mass is 16.3. The van der Waals surface area contributed by atoms with Gasteiger partial charge in [0.05, 0.1) is 5.56 Å². The van der Waals surface area contributed by atoms with Crippen LogP contribution < -0.4 is 4.57 Å². The summed E-state index contributed by atoms with van der Waals surface area (Å²) in [6.07, 6.45) is 2.02. The molecule has 0 amide bonds. The van der Waals surface area contributed by atoms with Crippen LogP contribution in [0.4, 0.5) is 0 Å². The number of benzene rings is 1. The molecular weight excluding hydrogens is 308 g/mol. The quantitative estimate of drug-likeness (QED) is 0.494. The Bertz CT molecular complexity index is 1220. The van der Waals surface area contributed by atoms with Crippen LogP contribution in [0, 0.1) is 12.8 Å². The Morgan fingerprint density at radius 1 is 1.20 bits per heavy atom. The molecule has 0 aliphatic heterocycles. The number of rotatable bonds is 3. The first-order valence-corrected chi connectivity index (χ1v) is 8.35. The molecule has 3 aromatic heterocycles. The molecule has 1 atom stereocenters. The molecule has 0 fully saturated rings. The summed E-state index contributed by atoms with van der Waals surface area (Å²) in [5, 5.41) is 1.84. The molecule has 4 rings (SSSR count). The molecule has 0 saturated carbocycles. The molecule has 0 aliphatic carbocycles. The molecule has 0 N–H and O–H groups in total. The Morgan fingerprint density at radius 3 is 2.84 bits per heavy atom. The van der Waals surface area contributed by atoms with Crippen LogP contribution in [0.25, 0.3) is 33.3 Å². The smallest absolute Gasteiger partial charge is 0.227 e. The molecule has 0 aliphatic rings. The average molecular weight is 335 g/mol. The van der Waals surface area contributed by atoms with Crippen LogP contribution >= 0.6 is 0 Å². The van der Waals surface area contributed by atoms with Gasteiger partial charge >= 0.3 is 0 Å². The highest BCUT2D eigenvalue weighted by molar-refractivity contribution is 6.08. The highest BCUT2D eigenvalue weighted by Crippen LogP contribution is 2.36. The summed E-state index contributed by atoms with van der Waals surface area (Å²) >= 11 is 0. The second-order valence-electron chi connectivity index (χ2n) is 6.55. The van der Waals surface area contributed by atoms with Gasteiger partial charge in [-0.15, -0.1) is 0 Å². The number of fused-ring (bicyclic) bond motifs is 3. The second kappa shape index (κ2) is 5.99. The van der Waals surface area contributed by atoms with Gasteiger partial charge in [0.1, 0.15) is 7.05 Å². The minimum atomic E-state index is -2.39. The van der Waals surface area contributed by atoms with Gasteiger partial charge in [0, 0.05) is 34.1 Å². The van der Waals surface area contributed by atoms with E-state index in [1.54, 1.807) is 6.07 Å². The van der Waals surface area contributed by atoms with E-state index in [2.05, 4.69) is 28.6 Å². The first kappa shape index (κ1) is 11.8. The largest absolute Gasteiger partial charge is 0.437 e. The fraction of sp³-hybridized carbons (Fsp3) is 0.273. The van der Waals surface area contributed by atoms with E-state index in [9.17, 15) is 0 Å². The topological polar surface area (TPSA) is 29.9 Å². The van der Waals surface area contributed by atoms with Gasteiger partial charge in [-0.25, -0.2) is 9.55 Å². The van der Waals surface area contributed by atoms with E-state index >= 15 is 0 Å². The SMILES string of the molecule is [2H]C([2H])([2H])C([2H])(C)Cc1ccc2c(n1)oc1c(-c3cccc[n+]3C)c(C)ccc12. The van der Waals surface area contributed by atoms with Crippen LogP contribution in [0.15, 0.2) is 53.1 Å². The molecule has 1 unspecified atom stereocenters. The fourth-order valence-electron chi connectivity index (χ4n) is 3.33. The molecule has 4 aromatic rings. The number of furan rings is 1. The minimum absolute atomic E-state index is 0.0238. The molecule has 0 radical (unpaired) electrons. The van der Waals surface area contributed by atoms with Crippen molar-refractivity contribution in [1.82, 2.24) is 4.98 Å². The normalized spacial score (nSPS) is 16.9. The van der Waals surface area contributed by atoms with Crippen LogP contribution in [0.3, 0.4) is 0 Å². The minimum Gasteiger partial charge on any atom is -0.437 e. The van der Waals surface area contributed by atoms with Crippen LogP contribution in [-0.2, 0) is 13.5 Å². The Labute approximate surface area is 153 Å². The molecule has 1 aromatic carbocycles.